The molecule has 0 heterocycles. The smallest absolute Gasteiger partial charge is 0.488 e. The van der Waals surface area contributed by atoms with Gasteiger partial charge in [0.15, 0.2) is 0 Å². The van der Waals surface area contributed by atoms with Crippen LogP contribution in [0.3, 0.4) is 0 Å². The maximum absolute atomic E-state index is 12.7. The fraction of sp³-hybridized carbons (Fsp3) is 0.400. The molecule has 0 saturated carbocycles. The summed E-state index contributed by atoms with van der Waals surface area (Å²) in [6, 6.07) is 14.9. The van der Waals surface area contributed by atoms with Gasteiger partial charge < -0.3 is 47.4 Å². The molecule has 1 amide bonds. The van der Waals surface area contributed by atoms with Crippen molar-refractivity contribution in [1.29, 1.82) is 0 Å². The molecule has 0 fully saturated rings. The third-order valence-electron chi connectivity index (χ3n) is 7.32. The first-order valence-corrected chi connectivity index (χ1v) is 16.5. The molecule has 0 aliphatic heterocycles. The van der Waals surface area contributed by atoms with Crippen LogP contribution in [0.5, 0.6) is 5.75 Å². The number of nitrogens with one attached hydrogen (secondary N) is 1. The third-order valence-corrected chi connectivity index (χ3v) is 7.32. The van der Waals surface area contributed by atoms with Crippen LogP contribution in [0, 0.1) is 4.91 Å². The van der Waals surface area contributed by atoms with Crippen LogP contribution in [0.4, 0.5) is 25.8 Å². The van der Waals surface area contributed by atoms with E-state index in [-0.39, 0.29) is 61.5 Å². The Morgan fingerprint density at radius 3 is 1.64 bits per heavy atom. The number of carbonyl (C=O) groups is 3. The van der Waals surface area contributed by atoms with Gasteiger partial charge in [0.2, 0.25) is 0 Å². The second-order valence-corrected chi connectivity index (χ2v) is 14.0. The van der Waals surface area contributed by atoms with Crippen LogP contribution in [-0.4, -0.2) is 123 Å². The molecule has 0 aliphatic carbocycles. The van der Waals surface area contributed by atoms with Crippen molar-refractivity contribution in [2.75, 3.05) is 73.9 Å². The molecule has 286 valence electrons. The van der Waals surface area contributed by atoms with Gasteiger partial charge in [0.1, 0.15) is 58.5 Å². The topological polar surface area (TPSA) is 199 Å². The molecular weight excluding hydrogens is 695 g/mol. The van der Waals surface area contributed by atoms with E-state index in [1.165, 1.54) is 36.4 Å². The van der Waals surface area contributed by atoms with Gasteiger partial charge in [-0.15, -0.1) is 0 Å². The number of amides is 1. The zero-order chi connectivity index (χ0) is 39.2. The van der Waals surface area contributed by atoms with Gasteiger partial charge in [-0.3, -0.25) is 5.32 Å². The predicted molar refractivity (Wildman–Crippen MR) is 190 cm³/mol. The summed E-state index contributed by atoms with van der Waals surface area (Å²) in [6.45, 7) is 0.356. The molecule has 0 spiro atoms. The van der Waals surface area contributed by atoms with E-state index in [4.69, 9.17) is 33.6 Å². The first-order chi connectivity index (χ1) is 24.9. The van der Waals surface area contributed by atoms with E-state index in [1.54, 1.807) is 24.3 Å². The summed E-state index contributed by atoms with van der Waals surface area (Å²) in [6.07, 6.45) is -2.68. The van der Waals surface area contributed by atoms with Gasteiger partial charge in [0.25, 0.3) is 4.92 Å². The fourth-order valence-corrected chi connectivity index (χ4v) is 4.39. The second-order valence-electron chi connectivity index (χ2n) is 14.0. The Kier molecular flexibility index (Phi) is 15.4. The Balaban J connectivity index is 1.87. The standard InChI is InChI=1S/C35H47BN4O13/c1-39(2,3)15-17-48-34(42)52-23-27-19-26(22-51-33(41)37-30-11-13-31(14-12-30)38(46)47)20-28(24-53-35(43)49-18-16-40(4,5)6)32(27)50-21-25-7-9-29(10-8-25)36(44)45/h7-14,19-20,44-45H,15-18,21-24H2,1-6H3,(H-,37,41,46,47)/q+2/p+1. The highest BCUT2D eigenvalue weighted by Crippen LogP contribution is 2.30. The Morgan fingerprint density at radius 1 is 0.679 bits per heavy atom. The van der Waals surface area contributed by atoms with E-state index >= 15 is 0 Å². The van der Waals surface area contributed by atoms with Crippen LogP contribution < -0.4 is 15.5 Å². The summed E-state index contributed by atoms with van der Waals surface area (Å²) in [4.78, 5) is 48.5. The lowest BCUT2D eigenvalue weighted by molar-refractivity contribution is -0.870. The number of nitrogens with zero attached hydrogens (tertiary/aromatic N) is 3. The van der Waals surface area contributed by atoms with E-state index in [0.717, 1.165) is 0 Å². The molecule has 0 radical (unpaired) electrons. The van der Waals surface area contributed by atoms with Gasteiger partial charge in [0, 0.05) is 28.9 Å². The summed E-state index contributed by atoms with van der Waals surface area (Å²) < 4.78 is 34.1. The Bertz CT molecular complexity index is 1630. The van der Waals surface area contributed by atoms with Crippen molar-refractivity contribution >= 4 is 42.4 Å². The molecule has 0 aliphatic rings. The van der Waals surface area contributed by atoms with Crippen LogP contribution in [0.15, 0.2) is 60.7 Å². The molecule has 3 aromatic carbocycles. The lowest BCUT2D eigenvalue weighted by Crippen LogP contribution is -2.38. The van der Waals surface area contributed by atoms with Crippen molar-refractivity contribution in [3.8, 4) is 5.75 Å². The molecule has 17 nitrogen and oxygen atoms in total. The lowest BCUT2D eigenvalue weighted by atomic mass is 9.80. The molecule has 0 unspecified atom stereocenters. The third kappa shape index (κ3) is 15.8. The number of ether oxygens (including phenoxy) is 6. The number of carbonyl (C=O) groups excluding carboxylic acids is 3. The zero-order valence-electron chi connectivity index (χ0n) is 30.8. The molecule has 3 aromatic rings. The predicted octanol–water partition coefficient (Wildman–Crippen LogP) is 3.21. The molecule has 4 N–H and O–H groups in total. The van der Waals surface area contributed by atoms with Crippen molar-refractivity contribution in [2.24, 2.45) is 0 Å². The van der Waals surface area contributed by atoms with Crippen LogP contribution in [0.1, 0.15) is 22.3 Å². The normalized spacial score (nSPS) is 11.2. The van der Waals surface area contributed by atoms with Crippen molar-refractivity contribution in [3.63, 3.8) is 0 Å². The highest BCUT2D eigenvalue weighted by Gasteiger charge is 2.20. The van der Waals surface area contributed by atoms with E-state index in [2.05, 4.69) is 5.32 Å². The molecule has 53 heavy (non-hydrogen) atoms. The molecule has 3 rings (SSSR count). The van der Waals surface area contributed by atoms with Crippen molar-refractivity contribution in [3.05, 3.63) is 87.8 Å². The van der Waals surface area contributed by atoms with Crippen molar-refractivity contribution in [1.82, 2.24) is 0 Å². The minimum atomic E-state index is -1.64. The number of quaternary nitrogens is 2. The summed E-state index contributed by atoms with van der Waals surface area (Å²) in [7, 11) is 10.0. The second kappa shape index (κ2) is 19.4. The highest BCUT2D eigenvalue weighted by molar-refractivity contribution is 6.58. The number of hydrogen-bond acceptors (Lipinski definition) is 12. The zero-order valence-corrected chi connectivity index (χ0v) is 30.8. The first-order valence-electron chi connectivity index (χ1n) is 16.5. The van der Waals surface area contributed by atoms with E-state index < -0.39 is 25.5 Å². The number of anilines is 1. The quantitative estimate of drug-likeness (QED) is 0.0488. The fourth-order valence-electron chi connectivity index (χ4n) is 4.39. The number of benzene rings is 3. The average molecular weight is 744 g/mol. The molecule has 0 aromatic heterocycles. The molecule has 0 bridgehead atoms. The van der Waals surface area contributed by atoms with E-state index in [9.17, 15) is 29.3 Å². The number of rotatable bonds is 18. The minimum absolute atomic E-state index is 0.0128. The Morgan fingerprint density at radius 2 is 1.19 bits per heavy atom. The summed E-state index contributed by atoms with van der Waals surface area (Å²) in [5.74, 6) is 0.208. The van der Waals surface area contributed by atoms with Crippen LogP contribution >= 0.6 is 0 Å². The number of likely N-dealkylation sites (N-methyl/N-ethyl adjacent to an activating group) is 2. The molecular formula is C35H48BN4O13+3. The molecule has 0 atom stereocenters. The van der Waals surface area contributed by atoms with Crippen LogP contribution in [0.25, 0.3) is 0 Å². The van der Waals surface area contributed by atoms with Gasteiger partial charge in [0.05, 0.1) is 47.2 Å². The summed E-state index contributed by atoms with van der Waals surface area (Å²) >= 11 is 0. The first kappa shape index (κ1) is 42.0. The lowest BCUT2D eigenvalue weighted by Gasteiger charge is -2.23. The summed E-state index contributed by atoms with van der Waals surface area (Å²) in [5, 5.41) is 30.5. The number of hydrogen-bond donors (Lipinski definition) is 4. The summed E-state index contributed by atoms with van der Waals surface area (Å²) in [5.41, 5.74) is 2.28. The highest BCUT2D eigenvalue weighted by atomic mass is 16.7. The Labute approximate surface area is 308 Å². The largest absolute Gasteiger partial charge is 0.508 e. The van der Waals surface area contributed by atoms with Gasteiger partial charge in [-0.25, -0.2) is 19.6 Å². The molecule has 0 saturated heterocycles. The SMILES string of the molecule is C[N+](C)(C)CCOC(=O)OCc1cc(COC(=O)Nc2ccc([N+](=O)O)cc2)cc(COC(=O)OCC[N+](C)(C)C)c1OCc1ccc(B(O)O)cc1. The van der Waals surface area contributed by atoms with Gasteiger partial charge in [-0.2, -0.15) is 0 Å². The van der Waals surface area contributed by atoms with Crippen LogP contribution in [0.2, 0.25) is 0 Å². The van der Waals surface area contributed by atoms with Gasteiger partial charge in [-0.05, 0) is 40.9 Å². The minimum Gasteiger partial charge on any atom is -0.488 e. The van der Waals surface area contributed by atoms with Crippen molar-refractivity contribution < 1.29 is 71.9 Å². The van der Waals surface area contributed by atoms with E-state index in [1.807, 2.05) is 42.3 Å². The molecule has 18 heteroatoms. The van der Waals surface area contributed by atoms with Gasteiger partial charge >= 0.3 is 31.2 Å². The maximum atomic E-state index is 12.7. The van der Waals surface area contributed by atoms with Crippen molar-refractivity contribution in [2.45, 2.75) is 26.4 Å². The van der Waals surface area contributed by atoms with Crippen LogP contribution in [-0.2, 0) is 50.1 Å². The average Bonchev–Trinajstić information content (AvgIpc) is 3.07. The Hall–Kier alpha value is -5.43. The van der Waals surface area contributed by atoms with Gasteiger partial charge in [-0.1, -0.05) is 24.3 Å². The van der Waals surface area contributed by atoms with E-state index in [0.29, 0.717) is 50.0 Å². The maximum Gasteiger partial charge on any atom is 0.508 e. The monoisotopic (exact) mass is 743 g/mol.